The van der Waals surface area contributed by atoms with Crippen LogP contribution in [0, 0.1) is 0 Å². The normalized spacial score (nSPS) is 18.5. The molecule has 0 aliphatic carbocycles. The standard InChI is InChI=1S/C17H23N3O5S/c1-19(2)26(22,23)13-5-4-8-20(11-13)17(21)10-15-14-9-12(24-3)6-7-16(14)25-18-15/h6-7,9,13H,4-5,8,10-11H2,1-3H3. The van der Waals surface area contributed by atoms with Crippen molar-refractivity contribution in [1.82, 2.24) is 14.4 Å². The van der Waals surface area contributed by atoms with Gasteiger partial charge < -0.3 is 14.2 Å². The van der Waals surface area contributed by atoms with E-state index in [1.165, 1.54) is 18.4 Å². The van der Waals surface area contributed by atoms with E-state index in [1.54, 1.807) is 30.2 Å². The largest absolute Gasteiger partial charge is 0.497 e. The molecule has 8 nitrogen and oxygen atoms in total. The number of aromatic nitrogens is 1. The molecule has 0 spiro atoms. The number of sulfonamides is 1. The van der Waals surface area contributed by atoms with Crippen molar-refractivity contribution >= 4 is 26.9 Å². The van der Waals surface area contributed by atoms with Crippen LogP contribution in [0.15, 0.2) is 22.7 Å². The topological polar surface area (TPSA) is 93.0 Å². The predicted octanol–water partition coefficient (Wildman–Crippen LogP) is 1.26. The maximum absolute atomic E-state index is 12.7. The Morgan fingerprint density at radius 3 is 2.88 bits per heavy atom. The molecule has 0 saturated carbocycles. The van der Waals surface area contributed by atoms with Gasteiger partial charge in [-0.15, -0.1) is 0 Å². The van der Waals surface area contributed by atoms with Gasteiger partial charge in [0.05, 0.1) is 18.8 Å². The van der Waals surface area contributed by atoms with Gasteiger partial charge in [-0.05, 0) is 31.0 Å². The number of carbonyl (C=O) groups is 1. The average molecular weight is 381 g/mol. The second-order valence-corrected chi connectivity index (χ2v) is 9.03. The average Bonchev–Trinajstić information content (AvgIpc) is 3.03. The Balaban J connectivity index is 1.76. The fraction of sp³-hybridized carbons (Fsp3) is 0.529. The van der Waals surface area contributed by atoms with Crippen LogP contribution in [0.25, 0.3) is 11.0 Å². The lowest BCUT2D eigenvalue weighted by atomic mass is 10.1. The molecule has 2 aromatic rings. The zero-order valence-corrected chi connectivity index (χ0v) is 16.0. The number of fused-ring (bicyclic) bond motifs is 1. The van der Waals surface area contributed by atoms with E-state index in [-0.39, 0.29) is 18.9 Å². The molecule has 1 aliphatic heterocycles. The van der Waals surface area contributed by atoms with Crippen molar-refractivity contribution in [2.24, 2.45) is 0 Å². The zero-order valence-electron chi connectivity index (χ0n) is 15.1. The fourth-order valence-electron chi connectivity index (χ4n) is 3.18. The minimum Gasteiger partial charge on any atom is -0.497 e. The zero-order chi connectivity index (χ0) is 18.9. The molecule has 1 aliphatic rings. The second-order valence-electron chi connectivity index (χ2n) is 6.60. The number of piperidine rings is 1. The number of rotatable bonds is 5. The van der Waals surface area contributed by atoms with Crippen LogP contribution in [0.1, 0.15) is 18.5 Å². The summed E-state index contributed by atoms with van der Waals surface area (Å²) in [7, 11) is 1.22. The van der Waals surface area contributed by atoms with Gasteiger partial charge in [0.15, 0.2) is 5.58 Å². The summed E-state index contributed by atoms with van der Waals surface area (Å²) >= 11 is 0. The van der Waals surface area contributed by atoms with Crippen LogP contribution in [0.2, 0.25) is 0 Å². The summed E-state index contributed by atoms with van der Waals surface area (Å²) in [6.45, 7) is 0.760. The molecular formula is C17H23N3O5S. The van der Waals surface area contributed by atoms with Gasteiger partial charge in [-0.25, -0.2) is 12.7 Å². The third kappa shape index (κ3) is 3.54. The van der Waals surface area contributed by atoms with E-state index in [0.29, 0.717) is 36.4 Å². The van der Waals surface area contributed by atoms with E-state index in [9.17, 15) is 13.2 Å². The van der Waals surface area contributed by atoms with Gasteiger partial charge in [-0.1, -0.05) is 5.16 Å². The lowest BCUT2D eigenvalue weighted by Crippen LogP contribution is -2.48. The molecule has 3 rings (SSSR count). The number of carbonyl (C=O) groups excluding carboxylic acids is 1. The quantitative estimate of drug-likeness (QED) is 0.774. The van der Waals surface area contributed by atoms with Crippen molar-refractivity contribution in [3.8, 4) is 5.75 Å². The van der Waals surface area contributed by atoms with Crippen LogP contribution in [-0.2, 0) is 21.2 Å². The Hall–Kier alpha value is -2.13. The summed E-state index contributed by atoms with van der Waals surface area (Å²) in [5, 5.41) is 4.16. The van der Waals surface area contributed by atoms with Crippen LogP contribution >= 0.6 is 0 Å². The van der Waals surface area contributed by atoms with Crippen LogP contribution in [0.3, 0.4) is 0 Å². The molecule has 1 amide bonds. The lowest BCUT2D eigenvalue weighted by molar-refractivity contribution is -0.131. The van der Waals surface area contributed by atoms with Gasteiger partial charge in [0.2, 0.25) is 15.9 Å². The lowest BCUT2D eigenvalue weighted by Gasteiger charge is -2.33. The number of ether oxygens (including phenoxy) is 1. The minimum atomic E-state index is -3.38. The molecule has 0 radical (unpaired) electrons. The number of nitrogens with zero attached hydrogens (tertiary/aromatic N) is 3. The molecule has 2 heterocycles. The van der Waals surface area contributed by atoms with Crippen molar-refractivity contribution in [2.75, 3.05) is 34.3 Å². The molecule has 0 N–H and O–H groups in total. The van der Waals surface area contributed by atoms with Crippen molar-refractivity contribution in [1.29, 1.82) is 0 Å². The molecule has 1 saturated heterocycles. The summed E-state index contributed by atoms with van der Waals surface area (Å²) in [4.78, 5) is 14.3. The van der Waals surface area contributed by atoms with Crippen LogP contribution in [0.5, 0.6) is 5.75 Å². The third-order valence-corrected chi connectivity index (χ3v) is 6.98. The van der Waals surface area contributed by atoms with Gasteiger partial charge in [0.25, 0.3) is 0 Å². The third-order valence-electron chi connectivity index (χ3n) is 4.73. The number of methoxy groups -OCH3 is 1. The Kier molecular flexibility index (Phi) is 5.19. The number of hydrogen-bond donors (Lipinski definition) is 0. The molecule has 1 aromatic carbocycles. The van der Waals surface area contributed by atoms with E-state index in [1.807, 2.05) is 0 Å². The van der Waals surface area contributed by atoms with Gasteiger partial charge in [-0.2, -0.15) is 0 Å². The number of likely N-dealkylation sites (tertiary alicyclic amines) is 1. The summed E-state index contributed by atoms with van der Waals surface area (Å²) < 4.78 is 36.4. The molecule has 1 fully saturated rings. The van der Waals surface area contributed by atoms with Crippen molar-refractivity contribution in [2.45, 2.75) is 24.5 Å². The van der Waals surface area contributed by atoms with Crippen molar-refractivity contribution < 1.29 is 22.5 Å². The molecule has 1 atom stereocenters. The smallest absolute Gasteiger partial charge is 0.228 e. The predicted molar refractivity (Wildman–Crippen MR) is 96.5 cm³/mol. The second kappa shape index (κ2) is 7.24. The highest BCUT2D eigenvalue weighted by Crippen LogP contribution is 2.25. The Morgan fingerprint density at radius 2 is 2.19 bits per heavy atom. The molecule has 9 heteroatoms. The SMILES string of the molecule is COc1ccc2onc(CC(=O)N3CCCC(S(=O)(=O)N(C)C)C3)c2c1. The minimum absolute atomic E-state index is 0.0644. The molecule has 0 bridgehead atoms. The first-order chi connectivity index (χ1) is 12.3. The highest BCUT2D eigenvalue weighted by molar-refractivity contribution is 7.89. The van der Waals surface area contributed by atoms with E-state index >= 15 is 0 Å². The molecule has 1 aromatic heterocycles. The fourth-order valence-corrected chi connectivity index (χ4v) is 4.61. The number of amides is 1. The van der Waals surface area contributed by atoms with Gasteiger partial charge in [0.1, 0.15) is 11.4 Å². The van der Waals surface area contributed by atoms with Crippen LogP contribution < -0.4 is 4.74 Å². The van der Waals surface area contributed by atoms with E-state index in [0.717, 1.165) is 5.39 Å². The Labute approximate surface area is 152 Å². The molecular weight excluding hydrogens is 358 g/mol. The maximum atomic E-state index is 12.7. The van der Waals surface area contributed by atoms with Gasteiger partial charge >= 0.3 is 0 Å². The van der Waals surface area contributed by atoms with E-state index < -0.39 is 15.3 Å². The first-order valence-corrected chi connectivity index (χ1v) is 9.94. The summed E-state index contributed by atoms with van der Waals surface area (Å²) in [6, 6.07) is 5.29. The highest BCUT2D eigenvalue weighted by Gasteiger charge is 2.34. The van der Waals surface area contributed by atoms with Crippen LogP contribution in [0.4, 0.5) is 0 Å². The Bertz CT molecular complexity index is 906. The van der Waals surface area contributed by atoms with E-state index in [4.69, 9.17) is 9.26 Å². The highest BCUT2D eigenvalue weighted by atomic mass is 32.2. The van der Waals surface area contributed by atoms with Gasteiger partial charge in [0, 0.05) is 32.6 Å². The first kappa shape index (κ1) is 18.7. The summed E-state index contributed by atoms with van der Waals surface area (Å²) in [6.07, 6.45) is 1.29. The molecule has 142 valence electrons. The van der Waals surface area contributed by atoms with Crippen molar-refractivity contribution in [3.05, 3.63) is 23.9 Å². The van der Waals surface area contributed by atoms with E-state index in [2.05, 4.69) is 5.16 Å². The summed E-state index contributed by atoms with van der Waals surface area (Å²) in [5.74, 6) is 0.506. The van der Waals surface area contributed by atoms with Crippen LogP contribution in [-0.4, -0.2) is 68.2 Å². The molecule has 1 unspecified atom stereocenters. The number of hydrogen-bond acceptors (Lipinski definition) is 6. The summed E-state index contributed by atoms with van der Waals surface area (Å²) in [5.41, 5.74) is 1.11. The first-order valence-electron chi connectivity index (χ1n) is 8.44. The molecule has 26 heavy (non-hydrogen) atoms. The monoisotopic (exact) mass is 381 g/mol. The Morgan fingerprint density at radius 1 is 1.42 bits per heavy atom. The number of benzene rings is 1. The maximum Gasteiger partial charge on any atom is 0.228 e. The van der Waals surface area contributed by atoms with Crippen molar-refractivity contribution in [3.63, 3.8) is 0 Å². The van der Waals surface area contributed by atoms with Gasteiger partial charge in [-0.3, -0.25) is 4.79 Å².